The topological polar surface area (TPSA) is 0 Å². The van der Waals surface area contributed by atoms with Crippen LogP contribution in [0.25, 0.3) is 0 Å². The minimum absolute atomic E-state index is 0. The highest BCUT2D eigenvalue weighted by Crippen LogP contribution is 2.61. The summed E-state index contributed by atoms with van der Waals surface area (Å²) in [6, 6.07) is 0. The number of hydrogen-bond donors (Lipinski definition) is 0. The minimum Gasteiger partial charge on any atom is -1.00 e. The molecule has 0 nitrogen and oxygen atoms in total. The van der Waals surface area contributed by atoms with Gasteiger partial charge in [-0.05, 0) is 51.4 Å². The zero-order chi connectivity index (χ0) is 35.6. The molecule has 0 atom stereocenters. The van der Waals surface area contributed by atoms with Crippen LogP contribution in [-0.2, 0) is 0 Å². The molecule has 0 aromatic heterocycles. The lowest BCUT2D eigenvalue weighted by Crippen LogP contribution is -3.00. The van der Waals surface area contributed by atoms with Gasteiger partial charge in [-0.3, -0.25) is 0 Å². The maximum atomic E-state index is 2.39. The molecular formula is C48H100ClP. The normalized spacial score (nSPS) is 11.8. The average Bonchev–Trinajstić information content (AvgIpc) is 3.11. The van der Waals surface area contributed by atoms with Crippen LogP contribution in [0.1, 0.15) is 285 Å². The van der Waals surface area contributed by atoms with Crippen LogP contribution in [0.2, 0.25) is 0 Å². The average molecular weight is 744 g/mol. The second kappa shape index (κ2) is 45.9. The van der Waals surface area contributed by atoms with Gasteiger partial charge >= 0.3 is 0 Å². The maximum Gasteiger partial charge on any atom is 0.0594 e. The van der Waals surface area contributed by atoms with Crippen LogP contribution in [-0.4, -0.2) is 24.6 Å². The Morgan fingerprint density at radius 2 is 0.300 bits per heavy atom. The van der Waals surface area contributed by atoms with E-state index >= 15 is 0 Å². The standard InChI is InChI=1S/C48H100P.ClH/c1-5-9-13-17-19-21-23-25-27-29-31-33-35-37-39-43-47-49(45-41-15-11-7-3,46-42-16-12-8-4)48-44-40-38-36-34-32-30-28-26-24-22-20-18-14-10-6-2;/h5-48H2,1-4H3;1H/q+1;/p-1. The molecule has 0 N–H and O–H groups in total. The predicted molar refractivity (Wildman–Crippen MR) is 234 cm³/mol. The molecule has 2 heteroatoms. The summed E-state index contributed by atoms with van der Waals surface area (Å²) in [6.07, 6.45) is 66.1. The SMILES string of the molecule is CCCCCCCCCCCCCCCCCC[P+](CCCCCC)(CCCCCC)CCCCCCCCCCCCCCCCCC.[Cl-]. The quantitative estimate of drug-likeness (QED) is 0.0431. The molecule has 0 bridgehead atoms. The smallest absolute Gasteiger partial charge is 0.0594 e. The van der Waals surface area contributed by atoms with Gasteiger partial charge in [-0.2, -0.15) is 0 Å². The third-order valence-corrected chi connectivity index (χ3v) is 17.0. The van der Waals surface area contributed by atoms with Gasteiger partial charge in [0.25, 0.3) is 0 Å². The first-order valence-corrected chi connectivity index (χ1v) is 26.6. The zero-order valence-electron chi connectivity index (χ0n) is 35.9. The van der Waals surface area contributed by atoms with Gasteiger partial charge in [0.2, 0.25) is 0 Å². The van der Waals surface area contributed by atoms with Gasteiger partial charge in [-0.15, -0.1) is 0 Å². The van der Waals surface area contributed by atoms with Gasteiger partial charge in [0.15, 0.2) is 0 Å². The zero-order valence-corrected chi connectivity index (χ0v) is 37.6. The molecule has 0 aliphatic heterocycles. The van der Waals surface area contributed by atoms with Crippen molar-refractivity contribution in [1.29, 1.82) is 0 Å². The van der Waals surface area contributed by atoms with Crippen molar-refractivity contribution in [2.45, 2.75) is 285 Å². The lowest BCUT2D eigenvalue weighted by atomic mass is 10.0. The molecule has 0 aromatic rings. The molecule has 0 radical (unpaired) electrons. The van der Waals surface area contributed by atoms with Crippen LogP contribution in [0.3, 0.4) is 0 Å². The van der Waals surface area contributed by atoms with Crippen molar-refractivity contribution in [2.75, 3.05) is 24.6 Å². The second-order valence-corrected chi connectivity index (χ2v) is 21.4. The monoisotopic (exact) mass is 743 g/mol. The van der Waals surface area contributed by atoms with Crippen molar-refractivity contribution in [1.82, 2.24) is 0 Å². The van der Waals surface area contributed by atoms with Crippen LogP contribution >= 0.6 is 7.26 Å². The van der Waals surface area contributed by atoms with E-state index in [1.807, 2.05) is 0 Å². The van der Waals surface area contributed by atoms with E-state index in [9.17, 15) is 0 Å². The van der Waals surface area contributed by atoms with E-state index in [1.165, 1.54) is 231 Å². The van der Waals surface area contributed by atoms with E-state index in [1.54, 1.807) is 50.3 Å². The number of rotatable bonds is 44. The number of halogens is 1. The Kier molecular flexibility index (Phi) is 48.5. The molecule has 304 valence electrons. The highest BCUT2D eigenvalue weighted by atomic mass is 35.5. The summed E-state index contributed by atoms with van der Waals surface area (Å²) in [7, 11) is -0.753. The largest absolute Gasteiger partial charge is 1.00 e. The molecule has 50 heavy (non-hydrogen) atoms. The first-order valence-electron chi connectivity index (χ1n) is 24.1. The summed E-state index contributed by atoms with van der Waals surface area (Å²) >= 11 is 0. The van der Waals surface area contributed by atoms with E-state index in [2.05, 4.69) is 27.7 Å². The van der Waals surface area contributed by atoms with Gasteiger partial charge in [-0.25, -0.2) is 0 Å². The van der Waals surface area contributed by atoms with Crippen molar-refractivity contribution >= 4 is 7.26 Å². The Morgan fingerprint density at radius 3 is 0.460 bits per heavy atom. The van der Waals surface area contributed by atoms with Gasteiger partial charge < -0.3 is 12.4 Å². The van der Waals surface area contributed by atoms with Gasteiger partial charge in [-0.1, -0.05) is 233 Å². The van der Waals surface area contributed by atoms with E-state index in [4.69, 9.17) is 0 Å². The Morgan fingerprint density at radius 1 is 0.180 bits per heavy atom. The van der Waals surface area contributed by atoms with Crippen molar-refractivity contribution in [2.24, 2.45) is 0 Å². The number of unbranched alkanes of at least 4 members (excludes halogenated alkanes) is 36. The lowest BCUT2D eigenvalue weighted by molar-refractivity contribution is -0.0000110. The fraction of sp³-hybridized carbons (Fsp3) is 1.00. The first-order chi connectivity index (χ1) is 24.2. The van der Waals surface area contributed by atoms with E-state index < -0.39 is 7.26 Å². The molecule has 0 saturated carbocycles. The highest BCUT2D eigenvalue weighted by Gasteiger charge is 2.34. The molecule has 0 aliphatic carbocycles. The molecule has 0 unspecified atom stereocenters. The van der Waals surface area contributed by atoms with Crippen LogP contribution in [0.15, 0.2) is 0 Å². The third kappa shape index (κ3) is 39.9. The van der Waals surface area contributed by atoms with Crippen molar-refractivity contribution in [3.05, 3.63) is 0 Å². The Hall–Kier alpha value is 0.720. The summed E-state index contributed by atoms with van der Waals surface area (Å²) in [6.45, 7) is 9.42. The molecule has 0 heterocycles. The summed E-state index contributed by atoms with van der Waals surface area (Å²) < 4.78 is 0. The summed E-state index contributed by atoms with van der Waals surface area (Å²) in [5.74, 6) is 0. The van der Waals surface area contributed by atoms with Crippen LogP contribution < -0.4 is 12.4 Å². The first kappa shape index (κ1) is 52.8. The molecule has 0 aliphatic rings. The van der Waals surface area contributed by atoms with E-state index in [-0.39, 0.29) is 12.4 Å². The fourth-order valence-electron chi connectivity index (χ4n) is 8.41. The number of hydrogen-bond acceptors (Lipinski definition) is 0. The molecule has 0 amide bonds. The molecular weight excluding hydrogens is 643 g/mol. The minimum atomic E-state index is -0.753. The Bertz CT molecular complexity index is 527. The lowest BCUT2D eigenvalue weighted by Gasteiger charge is -2.28. The van der Waals surface area contributed by atoms with Crippen molar-refractivity contribution in [3.8, 4) is 0 Å². The highest BCUT2D eigenvalue weighted by molar-refractivity contribution is 7.75. The van der Waals surface area contributed by atoms with Gasteiger partial charge in [0.1, 0.15) is 0 Å². The summed E-state index contributed by atoms with van der Waals surface area (Å²) in [4.78, 5) is 0. The van der Waals surface area contributed by atoms with Crippen molar-refractivity contribution < 1.29 is 12.4 Å². The molecule has 0 saturated heterocycles. The molecule has 0 fully saturated rings. The Labute approximate surface area is 327 Å². The van der Waals surface area contributed by atoms with E-state index in [0.29, 0.717) is 0 Å². The second-order valence-electron chi connectivity index (χ2n) is 17.0. The third-order valence-electron chi connectivity index (χ3n) is 11.9. The summed E-state index contributed by atoms with van der Waals surface area (Å²) in [5, 5.41) is 0. The maximum absolute atomic E-state index is 2.39. The van der Waals surface area contributed by atoms with Gasteiger partial charge in [0.05, 0.1) is 24.6 Å². The molecule has 0 aromatic carbocycles. The van der Waals surface area contributed by atoms with Gasteiger partial charge in [0, 0.05) is 7.26 Å². The molecule has 0 rings (SSSR count). The van der Waals surface area contributed by atoms with Crippen molar-refractivity contribution in [3.63, 3.8) is 0 Å². The Balaban J connectivity index is 0. The van der Waals surface area contributed by atoms with Crippen LogP contribution in [0.4, 0.5) is 0 Å². The molecule has 0 spiro atoms. The van der Waals surface area contributed by atoms with Crippen LogP contribution in [0, 0.1) is 0 Å². The fourth-order valence-corrected chi connectivity index (χ4v) is 13.3. The van der Waals surface area contributed by atoms with E-state index in [0.717, 1.165) is 0 Å². The van der Waals surface area contributed by atoms with Crippen LogP contribution in [0.5, 0.6) is 0 Å². The summed E-state index contributed by atoms with van der Waals surface area (Å²) in [5.41, 5.74) is 0. The predicted octanol–water partition coefficient (Wildman–Crippen LogP) is 15.7.